The summed E-state index contributed by atoms with van der Waals surface area (Å²) < 4.78 is 43.4. The summed E-state index contributed by atoms with van der Waals surface area (Å²) in [5, 5.41) is 0. The molecule has 1 aromatic heterocycles. The van der Waals surface area contributed by atoms with Crippen molar-refractivity contribution in [2.24, 2.45) is 0 Å². The highest BCUT2D eigenvalue weighted by Gasteiger charge is 2.24. The fourth-order valence-electron chi connectivity index (χ4n) is 2.70. The maximum Gasteiger partial charge on any atom is 0.269 e. The standard InChI is InChI=1S/C19H20N2O5S/c1-13-5-7-14(8-6-13)27(22,23)21-10-9-20-19(21)15-11-17(25-3)18(26-4)12-16(15)24-2/h5-12H,1-4H3. The Morgan fingerprint density at radius 1 is 0.889 bits per heavy atom. The van der Waals surface area contributed by atoms with E-state index < -0.39 is 10.0 Å². The molecule has 1 heterocycles. The van der Waals surface area contributed by atoms with Gasteiger partial charge in [0, 0.05) is 18.5 Å². The van der Waals surface area contributed by atoms with Crippen LogP contribution in [0.5, 0.6) is 17.2 Å². The van der Waals surface area contributed by atoms with E-state index >= 15 is 0 Å². The van der Waals surface area contributed by atoms with Crippen molar-refractivity contribution >= 4 is 10.0 Å². The van der Waals surface area contributed by atoms with Gasteiger partial charge in [-0.25, -0.2) is 17.4 Å². The number of ether oxygens (including phenoxy) is 3. The molecule has 142 valence electrons. The summed E-state index contributed by atoms with van der Waals surface area (Å²) in [5.74, 6) is 1.54. The molecule has 3 aromatic rings. The summed E-state index contributed by atoms with van der Waals surface area (Å²) in [7, 11) is 0.685. The van der Waals surface area contributed by atoms with Gasteiger partial charge < -0.3 is 14.2 Å². The second-order valence-corrected chi connectivity index (χ2v) is 7.59. The van der Waals surface area contributed by atoms with E-state index in [0.29, 0.717) is 22.8 Å². The first-order chi connectivity index (χ1) is 12.9. The number of hydrogen-bond acceptors (Lipinski definition) is 6. The lowest BCUT2D eigenvalue weighted by atomic mass is 10.1. The number of aromatic nitrogens is 2. The van der Waals surface area contributed by atoms with Crippen LogP contribution in [0.4, 0.5) is 0 Å². The van der Waals surface area contributed by atoms with Crippen LogP contribution >= 0.6 is 0 Å². The van der Waals surface area contributed by atoms with E-state index in [1.807, 2.05) is 6.92 Å². The van der Waals surface area contributed by atoms with Crippen molar-refractivity contribution in [1.82, 2.24) is 8.96 Å². The number of nitrogens with zero attached hydrogens (tertiary/aromatic N) is 2. The minimum atomic E-state index is -3.82. The second kappa shape index (κ2) is 7.32. The largest absolute Gasteiger partial charge is 0.496 e. The average Bonchev–Trinajstić information content (AvgIpc) is 3.17. The van der Waals surface area contributed by atoms with Crippen LogP contribution in [0, 0.1) is 6.92 Å². The molecule has 3 rings (SSSR count). The lowest BCUT2D eigenvalue weighted by molar-refractivity contribution is 0.349. The van der Waals surface area contributed by atoms with E-state index in [4.69, 9.17) is 14.2 Å². The van der Waals surface area contributed by atoms with E-state index in [2.05, 4.69) is 4.98 Å². The zero-order valence-electron chi connectivity index (χ0n) is 15.5. The zero-order valence-corrected chi connectivity index (χ0v) is 16.3. The molecule has 0 bridgehead atoms. The van der Waals surface area contributed by atoms with Gasteiger partial charge in [0.05, 0.1) is 31.8 Å². The van der Waals surface area contributed by atoms with Gasteiger partial charge in [0.1, 0.15) is 5.75 Å². The fraction of sp³-hybridized carbons (Fsp3) is 0.211. The van der Waals surface area contributed by atoms with E-state index in [9.17, 15) is 8.42 Å². The molecule has 27 heavy (non-hydrogen) atoms. The van der Waals surface area contributed by atoms with Crippen LogP contribution in [-0.2, 0) is 10.0 Å². The van der Waals surface area contributed by atoms with Gasteiger partial charge in [-0.05, 0) is 25.1 Å². The molecule has 0 spiro atoms. The molecule has 0 saturated carbocycles. The topological polar surface area (TPSA) is 79.7 Å². The first-order valence-electron chi connectivity index (χ1n) is 8.08. The molecule has 0 amide bonds. The van der Waals surface area contributed by atoms with Gasteiger partial charge in [0.2, 0.25) is 0 Å². The molecule has 0 aliphatic rings. The molecule has 2 aromatic carbocycles. The quantitative estimate of drug-likeness (QED) is 0.646. The van der Waals surface area contributed by atoms with Gasteiger partial charge in [0.15, 0.2) is 17.3 Å². The number of aryl methyl sites for hydroxylation is 1. The van der Waals surface area contributed by atoms with Crippen molar-refractivity contribution in [1.29, 1.82) is 0 Å². The SMILES string of the molecule is COc1cc(OC)c(-c2nccn2S(=O)(=O)c2ccc(C)cc2)cc1OC. The molecule has 0 unspecified atom stereocenters. The highest BCUT2D eigenvalue weighted by molar-refractivity contribution is 7.90. The second-order valence-electron chi connectivity index (χ2n) is 5.77. The third kappa shape index (κ3) is 3.35. The van der Waals surface area contributed by atoms with Crippen molar-refractivity contribution in [2.45, 2.75) is 11.8 Å². The molecular weight excluding hydrogens is 368 g/mol. The van der Waals surface area contributed by atoms with Gasteiger partial charge in [-0.3, -0.25) is 0 Å². The molecule has 0 aliphatic carbocycles. The Morgan fingerprint density at radius 3 is 2.07 bits per heavy atom. The Labute approximate surface area is 158 Å². The maximum atomic E-state index is 13.1. The fourth-order valence-corrected chi connectivity index (χ4v) is 4.00. The number of rotatable bonds is 6. The predicted molar refractivity (Wildman–Crippen MR) is 101 cm³/mol. The maximum absolute atomic E-state index is 13.1. The first kappa shape index (κ1) is 18.8. The Morgan fingerprint density at radius 2 is 1.48 bits per heavy atom. The van der Waals surface area contributed by atoms with Crippen LogP contribution in [0.3, 0.4) is 0 Å². The van der Waals surface area contributed by atoms with Gasteiger partial charge in [-0.2, -0.15) is 0 Å². The van der Waals surface area contributed by atoms with Crippen molar-refractivity contribution in [3.8, 4) is 28.6 Å². The van der Waals surface area contributed by atoms with Crippen molar-refractivity contribution in [3.05, 3.63) is 54.4 Å². The predicted octanol–water partition coefficient (Wildman–Crippen LogP) is 3.12. The molecule has 0 saturated heterocycles. The van der Waals surface area contributed by atoms with Gasteiger partial charge in [-0.1, -0.05) is 17.7 Å². The van der Waals surface area contributed by atoms with Crippen LogP contribution in [0.1, 0.15) is 5.56 Å². The summed E-state index contributed by atoms with van der Waals surface area (Å²) in [6.45, 7) is 1.90. The number of methoxy groups -OCH3 is 3. The van der Waals surface area contributed by atoms with Crippen molar-refractivity contribution in [3.63, 3.8) is 0 Å². The summed E-state index contributed by atoms with van der Waals surface area (Å²) in [6.07, 6.45) is 2.83. The van der Waals surface area contributed by atoms with Crippen molar-refractivity contribution < 1.29 is 22.6 Å². The Hall–Kier alpha value is -3.00. The number of imidazole rings is 1. The van der Waals surface area contributed by atoms with Crippen LogP contribution in [0.25, 0.3) is 11.4 Å². The molecule has 0 radical (unpaired) electrons. The Balaban J connectivity index is 2.19. The monoisotopic (exact) mass is 388 g/mol. The molecule has 0 fully saturated rings. The highest BCUT2D eigenvalue weighted by atomic mass is 32.2. The van der Waals surface area contributed by atoms with Gasteiger partial charge in [-0.15, -0.1) is 0 Å². The van der Waals surface area contributed by atoms with E-state index in [1.165, 1.54) is 33.7 Å². The molecule has 0 N–H and O–H groups in total. The summed E-state index contributed by atoms with van der Waals surface area (Å²) in [5.41, 5.74) is 1.44. The summed E-state index contributed by atoms with van der Waals surface area (Å²) >= 11 is 0. The minimum Gasteiger partial charge on any atom is -0.496 e. The molecule has 0 atom stereocenters. The Kier molecular flexibility index (Phi) is 5.09. The third-order valence-corrected chi connectivity index (χ3v) is 5.81. The minimum absolute atomic E-state index is 0.173. The van der Waals surface area contributed by atoms with Gasteiger partial charge in [0.25, 0.3) is 10.0 Å². The third-order valence-electron chi connectivity index (χ3n) is 4.13. The smallest absolute Gasteiger partial charge is 0.269 e. The molecular formula is C19H20N2O5S. The molecule has 0 aliphatic heterocycles. The first-order valence-corrected chi connectivity index (χ1v) is 9.52. The van der Waals surface area contributed by atoms with E-state index in [1.54, 1.807) is 36.4 Å². The molecule has 8 heteroatoms. The zero-order chi connectivity index (χ0) is 19.6. The highest BCUT2D eigenvalue weighted by Crippen LogP contribution is 2.40. The summed E-state index contributed by atoms with van der Waals surface area (Å²) in [6, 6.07) is 9.91. The lowest BCUT2D eigenvalue weighted by Crippen LogP contribution is -2.14. The Bertz CT molecular complexity index is 1060. The van der Waals surface area contributed by atoms with Crippen LogP contribution in [0.15, 0.2) is 53.7 Å². The van der Waals surface area contributed by atoms with E-state index in [-0.39, 0.29) is 10.7 Å². The normalized spacial score (nSPS) is 11.3. The van der Waals surface area contributed by atoms with Gasteiger partial charge >= 0.3 is 0 Å². The lowest BCUT2D eigenvalue weighted by Gasteiger charge is -2.15. The van der Waals surface area contributed by atoms with Crippen LogP contribution in [0.2, 0.25) is 0 Å². The van der Waals surface area contributed by atoms with Crippen LogP contribution in [-0.4, -0.2) is 38.7 Å². The number of benzene rings is 2. The summed E-state index contributed by atoms with van der Waals surface area (Å²) in [4.78, 5) is 4.42. The average molecular weight is 388 g/mol. The van der Waals surface area contributed by atoms with Crippen molar-refractivity contribution in [2.75, 3.05) is 21.3 Å². The number of hydrogen-bond donors (Lipinski definition) is 0. The van der Waals surface area contributed by atoms with E-state index in [0.717, 1.165) is 9.54 Å². The van der Waals surface area contributed by atoms with Crippen LogP contribution < -0.4 is 14.2 Å². The molecule has 7 nitrogen and oxygen atoms in total.